The Kier molecular flexibility index (Phi) is 3.06. The molecular weight excluding hydrogens is 246 g/mol. The highest BCUT2D eigenvalue weighted by molar-refractivity contribution is 5.41. The Balaban J connectivity index is 1.52. The second-order valence-corrected chi connectivity index (χ2v) is 6.33. The van der Waals surface area contributed by atoms with E-state index in [2.05, 4.69) is 28.3 Å². The van der Waals surface area contributed by atoms with Crippen LogP contribution in [0.5, 0.6) is 0 Å². The molecule has 0 N–H and O–H groups in total. The summed E-state index contributed by atoms with van der Waals surface area (Å²) in [6.45, 7) is 1.01. The quantitative estimate of drug-likeness (QED) is 0.854. The van der Waals surface area contributed by atoms with Crippen LogP contribution in [0.25, 0.3) is 0 Å². The number of hydrogen-bond acceptors (Lipinski definition) is 2. The van der Waals surface area contributed by atoms with E-state index in [1.54, 1.807) is 23.0 Å². The largest absolute Gasteiger partial charge is 0.253 e. The lowest BCUT2D eigenvalue weighted by atomic mass is 9.69. The first-order chi connectivity index (χ1) is 9.90. The van der Waals surface area contributed by atoms with Gasteiger partial charge in [0.05, 0.1) is 0 Å². The van der Waals surface area contributed by atoms with Crippen molar-refractivity contribution in [2.45, 2.75) is 51.0 Å². The fraction of sp³-hybridized carbons (Fsp3) is 0.529. The van der Waals surface area contributed by atoms with Crippen molar-refractivity contribution >= 4 is 0 Å². The zero-order valence-corrected chi connectivity index (χ0v) is 11.8. The first kappa shape index (κ1) is 12.1. The second-order valence-electron chi connectivity index (χ2n) is 6.33. The van der Waals surface area contributed by atoms with Crippen LogP contribution < -0.4 is 0 Å². The summed E-state index contributed by atoms with van der Waals surface area (Å²) in [5, 5.41) is 4.21. The molecule has 1 aromatic carbocycles. The minimum absolute atomic E-state index is 0.810. The second kappa shape index (κ2) is 5.04. The maximum Gasteiger partial charge on any atom is 0.137 e. The maximum absolute atomic E-state index is 4.21. The molecule has 1 aromatic heterocycles. The standard InChI is InChI=1S/C17H21N3/c1-3-14-4-2-6-16-10-13(9-15(5-1)17(14)16)7-8-20-12-18-11-19-20/h1,3,5,11-13,16H,2,4,6-10H2/t13-,16-/m1/s1. The SMILES string of the molecule is c1cc2c3c(c1)C[C@@H](CCn1cncn1)C[C@H]3CCC2. The highest BCUT2D eigenvalue weighted by atomic mass is 15.3. The van der Waals surface area contributed by atoms with Crippen molar-refractivity contribution in [3.05, 3.63) is 47.5 Å². The molecule has 2 aliphatic rings. The molecule has 0 saturated carbocycles. The molecule has 0 unspecified atom stereocenters. The summed E-state index contributed by atoms with van der Waals surface area (Å²) in [6, 6.07) is 6.97. The van der Waals surface area contributed by atoms with E-state index in [0.717, 1.165) is 18.4 Å². The van der Waals surface area contributed by atoms with Crippen molar-refractivity contribution in [3.8, 4) is 0 Å². The van der Waals surface area contributed by atoms with E-state index < -0.39 is 0 Å². The summed E-state index contributed by atoms with van der Waals surface area (Å²) < 4.78 is 1.97. The molecule has 2 atom stereocenters. The highest BCUT2D eigenvalue weighted by Gasteiger charge is 2.30. The summed E-state index contributed by atoms with van der Waals surface area (Å²) in [7, 11) is 0. The first-order valence-corrected chi connectivity index (χ1v) is 7.83. The van der Waals surface area contributed by atoms with Crippen LogP contribution in [0.3, 0.4) is 0 Å². The van der Waals surface area contributed by atoms with Crippen molar-refractivity contribution in [1.82, 2.24) is 14.8 Å². The summed E-state index contributed by atoms with van der Waals surface area (Å²) in [4.78, 5) is 4.03. The van der Waals surface area contributed by atoms with Gasteiger partial charge in [-0.15, -0.1) is 0 Å². The van der Waals surface area contributed by atoms with E-state index in [-0.39, 0.29) is 0 Å². The fourth-order valence-corrected chi connectivity index (χ4v) is 4.19. The zero-order chi connectivity index (χ0) is 13.4. The van der Waals surface area contributed by atoms with Gasteiger partial charge in [-0.1, -0.05) is 18.2 Å². The molecule has 0 bridgehead atoms. The number of aromatic nitrogens is 3. The van der Waals surface area contributed by atoms with Crippen LogP contribution in [0.1, 0.15) is 48.3 Å². The van der Waals surface area contributed by atoms with Crippen LogP contribution in [0.4, 0.5) is 0 Å². The molecule has 20 heavy (non-hydrogen) atoms. The van der Waals surface area contributed by atoms with Gasteiger partial charge >= 0.3 is 0 Å². The Hall–Kier alpha value is -1.64. The van der Waals surface area contributed by atoms with Gasteiger partial charge in [-0.25, -0.2) is 4.98 Å². The molecule has 0 radical (unpaired) electrons. The number of benzene rings is 1. The molecular formula is C17H21N3. The molecule has 0 saturated heterocycles. The molecule has 2 aliphatic carbocycles. The van der Waals surface area contributed by atoms with Crippen LogP contribution >= 0.6 is 0 Å². The third kappa shape index (κ3) is 2.15. The lowest BCUT2D eigenvalue weighted by Crippen LogP contribution is -2.24. The van der Waals surface area contributed by atoms with Crippen molar-refractivity contribution in [1.29, 1.82) is 0 Å². The maximum atomic E-state index is 4.21. The predicted octanol–water partition coefficient (Wildman–Crippen LogP) is 3.35. The van der Waals surface area contributed by atoms with Crippen molar-refractivity contribution in [3.63, 3.8) is 0 Å². The number of rotatable bonds is 3. The fourth-order valence-electron chi connectivity index (χ4n) is 4.19. The average Bonchev–Trinajstić information content (AvgIpc) is 2.99. The van der Waals surface area contributed by atoms with Gasteiger partial charge in [0.15, 0.2) is 0 Å². The normalized spacial score (nSPS) is 24.4. The Bertz CT molecular complexity index is 588. The minimum atomic E-state index is 0.810. The van der Waals surface area contributed by atoms with Gasteiger partial charge < -0.3 is 0 Å². The molecule has 0 amide bonds. The van der Waals surface area contributed by atoms with Gasteiger partial charge in [0, 0.05) is 6.54 Å². The summed E-state index contributed by atoms with van der Waals surface area (Å²) in [5.74, 6) is 1.63. The lowest BCUT2D eigenvalue weighted by molar-refractivity contribution is 0.333. The number of aryl methyl sites for hydroxylation is 2. The van der Waals surface area contributed by atoms with Gasteiger partial charge in [0.1, 0.15) is 12.7 Å². The molecule has 4 rings (SSSR count). The highest BCUT2D eigenvalue weighted by Crippen LogP contribution is 2.43. The van der Waals surface area contributed by atoms with Crippen LogP contribution in [0.2, 0.25) is 0 Å². The molecule has 3 nitrogen and oxygen atoms in total. The minimum Gasteiger partial charge on any atom is -0.253 e. The van der Waals surface area contributed by atoms with E-state index in [0.29, 0.717) is 0 Å². The van der Waals surface area contributed by atoms with E-state index in [1.807, 2.05) is 11.0 Å². The van der Waals surface area contributed by atoms with Crippen molar-refractivity contribution < 1.29 is 0 Å². The van der Waals surface area contributed by atoms with E-state index in [1.165, 1.54) is 38.5 Å². The summed E-state index contributed by atoms with van der Waals surface area (Å²) >= 11 is 0. The van der Waals surface area contributed by atoms with Gasteiger partial charge in [-0.3, -0.25) is 4.68 Å². The molecule has 0 spiro atoms. The van der Waals surface area contributed by atoms with Gasteiger partial charge in [-0.05, 0) is 67.1 Å². The monoisotopic (exact) mass is 267 g/mol. The first-order valence-electron chi connectivity index (χ1n) is 7.83. The number of hydrogen-bond donors (Lipinski definition) is 0. The van der Waals surface area contributed by atoms with Gasteiger partial charge in [0.25, 0.3) is 0 Å². The molecule has 3 heteroatoms. The van der Waals surface area contributed by atoms with Crippen LogP contribution in [0, 0.1) is 5.92 Å². The van der Waals surface area contributed by atoms with Crippen LogP contribution in [-0.2, 0) is 19.4 Å². The van der Waals surface area contributed by atoms with E-state index in [9.17, 15) is 0 Å². The van der Waals surface area contributed by atoms with E-state index in [4.69, 9.17) is 0 Å². The topological polar surface area (TPSA) is 30.7 Å². The van der Waals surface area contributed by atoms with E-state index >= 15 is 0 Å². The molecule has 2 aromatic rings. The van der Waals surface area contributed by atoms with Crippen molar-refractivity contribution in [2.24, 2.45) is 5.92 Å². The Morgan fingerprint density at radius 2 is 2.20 bits per heavy atom. The van der Waals surface area contributed by atoms with Crippen LogP contribution in [-0.4, -0.2) is 14.8 Å². The molecule has 0 aliphatic heterocycles. The van der Waals surface area contributed by atoms with Crippen molar-refractivity contribution in [2.75, 3.05) is 0 Å². The predicted molar refractivity (Wildman–Crippen MR) is 78.6 cm³/mol. The Labute approximate surface area is 120 Å². The smallest absolute Gasteiger partial charge is 0.137 e. The van der Waals surface area contributed by atoms with Crippen LogP contribution in [0.15, 0.2) is 30.9 Å². The third-order valence-corrected chi connectivity index (χ3v) is 5.05. The van der Waals surface area contributed by atoms with Gasteiger partial charge in [0.2, 0.25) is 0 Å². The average molecular weight is 267 g/mol. The summed E-state index contributed by atoms with van der Waals surface area (Å²) in [5.41, 5.74) is 4.98. The molecule has 0 fully saturated rings. The zero-order valence-electron chi connectivity index (χ0n) is 11.8. The molecule has 1 heterocycles. The number of nitrogens with zero attached hydrogens (tertiary/aromatic N) is 3. The van der Waals surface area contributed by atoms with Gasteiger partial charge in [-0.2, -0.15) is 5.10 Å². The Morgan fingerprint density at radius 1 is 1.25 bits per heavy atom. The lowest BCUT2D eigenvalue weighted by Gasteiger charge is -2.36. The third-order valence-electron chi connectivity index (χ3n) is 5.05. The molecule has 104 valence electrons. The summed E-state index contributed by atoms with van der Waals surface area (Å²) in [6.07, 6.45) is 11.4. The Morgan fingerprint density at radius 3 is 3.10 bits per heavy atom.